The van der Waals surface area contributed by atoms with Gasteiger partial charge in [-0.25, -0.2) is 4.79 Å². The van der Waals surface area contributed by atoms with Crippen LogP contribution in [0.3, 0.4) is 0 Å². The van der Waals surface area contributed by atoms with Crippen LogP contribution in [0.25, 0.3) is 0 Å². The highest BCUT2D eigenvalue weighted by Crippen LogP contribution is 2.28. The molecule has 38 heavy (non-hydrogen) atoms. The number of carbonyl (C=O) groups is 3. The Hall–Kier alpha value is -3.00. The summed E-state index contributed by atoms with van der Waals surface area (Å²) in [5, 5.41) is 5.70. The van der Waals surface area contributed by atoms with Gasteiger partial charge < -0.3 is 20.3 Å². The molecule has 0 aliphatic carbocycles. The van der Waals surface area contributed by atoms with Crippen molar-refractivity contribution < 1.29 is 19.1 Å². The summed E-state index contributed by atoms with van der Waals surface area (Å²) in [4.78, 5) is 42.1. The molecule has 3 amide bonds. The predicted molar refractivity (Wildman–Crippen MR) is 157 cm³/mol. The number of hydrogen-bond acceptors (Lipinski definition) is 5. The molecule has 0 aromatic heterocycles. The van der Waals surface area contributed by atoms with E-state index in [0.717, 1.165) is 42.4 Å². The Morgan fingerprint density at radius 2 is 1.58 bits per heavy atom. The lowest BCUT2D eigenvalue weighted by molar-refractivity contribution is -0.140. The van der Waals surface area contributed by atoms with Gasteiger partial charge in [0.2, 0.25) is 5.91 Å². The van der Waals surface area contributed by atoms with E-state index in [1.807, 2.05) is 62.4 Å². The number of hydrogen-bond donors (Lipinski definition) is 3. The second-order valence-electron chi connectivity index (χ2n) is 10.5. The van der Waals surface area contributed by atoms with Gasteiger partial charge in [0.25, 0.3) is 5.91 Å². The standard InChI is InChI=1S/C30H43N3O4S/c1-7-8-9-14-19-33(28(35)25(20-38)32-29(36)37-30(4,5)6)26(23-17-12-10-15-21(23)2)27(34)31-24-18-13-11-16-22(24)3/h10-13,15-18,25-26,38H,7-9,14,19-20H2,1-6H3,(H,31,34)(H,32,36). The minimum atomic E-state index is -0.961. The average molecular weight is 542 g/mol. The Kier molecular flexibility index (Phi) is 12.2. The van der Waals surface area contributed by atoms with Gasteiger partial charge in [0, 0.05) is 18.0 Å². The van der Waals surface area contributed by atoms with E-state index in [1.54, 1.807) is 25.7 Å². The fraction of sp³-hybridized carbons (Fsp3) is 0.500. The number of benzene rings is 2. The third-order valence-corrected chi connectivity index (χ3v) is 6.52. The van der Waals surface area contributed by atoms with E-state index in [0.29, 0.717) is 12.2 Å². The highest BCUT2D eigenvalue weighted by molar-refractivity contribution is 7.80. The van der Waals surface area contributed by atoms with E-state index in [1.165, 1.54) is 0 Å². The van der Waals surface area contributed by atoms with Crippen molar-refractivity contribution in [1.29, 1.82) is 0 Å². The summed E-state index contributed by atoms with van der Waals surface area (Å²) in [6.07, 6.45) is 3.02. The van der Waals surface area contributed by atoms with E-state index in [4.69, 9.17) is 4.74 Å². The summed E-state index contributed by atoms with van der Waals surface area (Å²) in [5.41, 5.74) is 2.52. The van der Waals surface area contributed by atoms with Crippen LogP contribution in [0.5, 0.6) is 0 Å². The fourth-order valence-electron chi connectivity index (χ4n) is 4.17. The summed E-state index contributed by atoms with van der Waals surface area (Å²) in [6.45, 7) is 11.6. The largest absolute Gasteiger partial charge is 0.444 e. The summed E-state index contributed by atoms with van der Waals surface area (Å²) in [6, 6.07) is 13.3. The molecule has 7 nitrogen and oxygen atoms in total. The molecule has 0 radical (unpaired) electrons. The van der Waals surface area contributed by atoms with Gasteiger partial charge in [-0.15, -0.1) is 0 Å². The molecule has 2 N–H and O–H groups in total. The zero-order valence-electron chi connectivity index (χ0n) is 23.5. The van der Waals surface area contributed by atoms with E-state index >= 15 is 0 Å². The summed E-state index contributed by atoms with van der Waals surface area (Å²) in [7, 11) is 0. The molecule has 0 aliphatic rings. The number of para-hydroxylation sites is 1. The molecule has 2 rings (SSSR count). The maximum absolute atomic E-state index is 14.0. The van der Waals surface area contributed by atoms with Crippen LogP contribution >= 0.6 is 12.6 Å². The van der Waals surface area contributed by atoms with Crippen molar-refractivity contribution in [2.45, 2.75) is 84.9 Å². The SMILES string of the molecule is CCCCCCN(C(=O)C(CS)NC(=O)OC(C)(C)C)C(C(=O)Nc1ccccc1C)c1ccccc1C. The number of amides is 3. The maximum Gasteiger partial charge on any atom is 0.408 e. The molecule has 2 aromatic rings. The van der Waals surface area contributed by atoms with Gasteiger partial charge in [-0.1, -0.05) is 68.7 Å². The molecule has 2 atom stereocenters. The maximum atomic E-state index is 14.0. The van der Waals surface area contributed by atoms with Crippen molar-refractivity contribution in [2.75, 3.05) is 17.6 Å². The molecular formula is C30H43N3O4S. The lowest BCUT2D eigenvalue weighted by Gasteiger charge is -2.35. The smallest absolute Gasteiger partial charge is 0.408 e. The van der Waals surface area contributed by atoms with Gasteiger partial charge in [0.15, 0.2) is 0 Å². The minimum Gasteiger partial charge on any atom is -0.444 e. The molecule has 0 spiro atoms. The Morgan fingerprint density at radius 1 is 0.947 bits per heavy atom. The van der Waals surface area contributed by atoms with Crippen LogP contribution in [-0.4, -0.2) is 46.7 Å². The molecule has 0 saturated carbocycles. The Morgan fingerprint density at radius 3 is 2.16 bits per heavy atom. The van der Waals surface area contributed by atoms with Gasteiger partial charge in [0.1, 0.15) is 17.7 Å². The third-order valence-electron chi connectivity index (χ3n) is 6.15. The van der Waals surface area contributed by atoms with Crippen LogP contribution in [0, 0.1) is 13.8 Å². The first-order valence-corrected chi connectivity index (χ1v) is 13.9. The second kappa shape index (κ2) is 14.8. The van der Waals surface area contributed by atoms with Crippen molar-refractivity contribution in [3.63, 3.8) is 0 Å². The predicted octanol–water partition coefficient (Wildman–Crippen LogP) is 6.22. The van der Waals surface area contributed by atoms with Crippen LogP contribution < -0.4 is 10.6 Å². The number of thiol groups is 1. The Bertz CT molecular complexity index is 1080. The number of anilines is 1. The highest BCUT2D eigenvalue weighted by atomic mass is 32.1. The third kappa shape index (κ3) is 9.39. The highest BCUT2D eigenvalue weighted by Gasteiger charge is 2.36. The zero-order valence-corrected chi connectivity index (χ0v) is 24.4. The quantitative estimate of drug-likeness (QED) is 0.220. The monoisotopic (exact) mass is 541 g/mol. The molecule has 0 bridgehead atoms. The van der Waals surface area contributed by atoms with Crippen LogP contribution in [0.1, 0.15) is 76.1 Å². The van der Waals surface area contributed by atoms with Crippen LogP contribution in [0.4, 0.5) is 10.5 Å². The van der Waals surface area contributed by atoms with E-state index in [9.17, 15) is 14.4 Å². The summed E-state index contributed by atoms with van der Waals surface area (Å²) in [5.74, 6) is -0.633. The number of ether oxygens (including phenoxy) is 1. The van der Waals surface area contributed by atoms with Crippen molar-refractivity contribution >= 4 is 36.2 Å². The van der Waals surface area contributed by atoms with Gasteiger partial charge in [-0.05, 0) is 63.8 Å². The van der Waals surface area contributed by atoms with Crippen molar-refractivity contribution in [1.82, 2.24) is 10.2 Å². The van der Waals surface area contributed by atoms with Gasteiger partial charge in [-0.2, -0.15) is 12.6 Å². The van der Waals surface area contributed by atoms with Gasteiger partial charge in [-0.3, -0.25) is 9.59 Å². The normalized spacial score (nSPS) is 12.8. The number of alkyl carbamates (subject to hydrolysis) is 1. The topological polar surface area (TPSA) is 87.7 Å². The lowest BCUT2D eigenvalue weighted by Crippen LogP contribution is -2.53. The number of aryl methyl sites for hydroxylation is 2. The van der Waals surface area contributed by atoms with Crippen molar-refractivity contribution in [3.05, 3.63) is 65.2 Å². The second-order valence-corrected chi connectivity index (χ2v) is 10.9. The number of unbranched alkanes of at least 4 members (excludes halogenated alkanes) is 3. The molecule has 208 valence electrons. The first-order valence-electron chi connectivity index (χ1n) is 13.3. The number of rotatable bonds is 12. The van der Waals surface area contributed by atoms with Crippen LogP contribution in [0.2, 0.25) is 0 Å². The van der Waals surface area contributed by atoms with Crippen molar-refractivity contribution in [2.24, 2.45) is 0 Å². The zero-order chi connectivity index (χ0) is 28.3. The molecule has 0 aliphatic heterocycles. The molecule has 0 saturated heterocycles. The summed E-state index contributed by atoms with van der Waals surface area (Å²) < 4.78 is 5.38. The molecule has 8 heteroatoms. The number of nitrogens with one attached hydrogen (secondary N) is 2. The van der Waals surface area contributed by atoms with E-state index in [-0.39, 0.29) is 17.6 Å². The Labute approximate surface area is 233 Å². The molecule has 0 fully saturated rings. The van der Waals surface area contributed by atoms with Gasteiger partial charge >= 0.3 is 6.09 Å². The molecule has 0 heterocycles. The van der Waals surface area contributed by atoms with Crippen LogP contribution in [-0.2, 0) is 14.3 Å². The van der Waals surface area contributed by atoms with Gasteiger partial charge in [0.05, 0.1) is 0 Å². The first-order chi connectivity index (χ1) is 18.0. The minimum absolute atomic E-state index is 0.0590. The van der Waals surface area contributed by atoms with E-state index in [2.05, 4.69) is 30.2 Å². The molecule has 2 aromatic carbocycles. The first kappa shape index (κ1) is 31.2. The Balaban J connectivity index is 2.49. The van der Waals surface area contributed by atoms with Crippen LogP contribution in [0.15, 0.2) is 48.5 Å². The lowest BCUT2D eigenvalue weighted by atomic mass is 9.97. The fourth-order valence-corrected chi connectivity index (χ4v) is 4.42. The number of nitrogens with zero attached hydrogens (tertiary/aromatic N) is 1. The number of carbonyl (C=O) groups excluding carboxylic acids is 3. The average Bonchev–Trinajstić information content (AvgIpc) is 2.85. The summed E-state index contributed by atoms with van der Waals surface area (Å²) >= 11 is 4.36. The van der Waals surface area contributed by atoms with Crippen molar-refractivity contribution in [3.8, 4) is 0 Å². The molecule has 2 unspecified atom stereocenters. The van der Waals surface area contributed by atoms with E-state index < -0.39 is 23.8 Å². The molecular weight excluding hydrogens is 498 g/mol.